The molecular formula is C17H18ClN5O2. The number of hydrogen-bond donors (Lipinski definition) is 2. The van der Waals surface area contributed by atoms with Gasteiger partial charge in [-0.05, 0) is 31.2 Å². The van der Waals surface area contributed by atoms with E-state index < -0.39 is 0 Å². The third kappa shape index (κ3) is 3.66. The van der Waals surface area contributed by atoms with E-state index in [1.54, 1.807) is 36.2 Å². The van der Waals surface area contributed by atoms with Crippen molar-refractivity contribution < 1.29 is 9.53 Å². The highest BCUT2D eigenvalue weighted by Gasteiger charge is 2.10. The van der Waals surface area contributed by atoms with Crippen molar-refractivity contribution >= 4 is 34.4 Å². The number of nitrogens with zero attached hydrogens (tertiary/aromatic N) is 3. The van der Waals surface area contributed by atoms with E-state index in [1.807, 2.05) is 20.0 Å². The number of methoxy groups -OCH3 is 1. The first-order valence-electron chi connectivity index (χ1n) is 7.64. The number of nitrogens with one attached hydrogen (secondary N) is 2. The number of hydrogen-bond acceptors (Lipinski definition) is 4. The van der Waals surface area contributed by atoms with Crippen LogP contribution in [0.5, 0.6) is 5.75 Å². The molecule has 2 heterocycles. The Kier molecular flexibility index (Phi) is 4.76. The summed E-state index contributed by atoms with van der Waals surface area (Å²) in [4.78, 5) is 16.5. The van der Waals surface area contributed by atoms with E-state index in [0.29, 0.717) is 16.5 Å². The standard InChI is InChI=1S/C17H18ClN5O2/c1-10-14-7-13(9-19-16(14)23(2)22-10)21-17(24)20-8-11-6-12(18)4-5-15(11)25-3/h4-7,9H,8H2,1-3H3,(H2,20,21,24). The van der Waals surface area contributed by atoms with Gasteiger partial charge in [0.25, 0.3) is 0 Å². The molecule has 8 heteroatoms. The molecule has 2 aromatic heterocycles. The molecule has 0 aliphatic carbocycles. The van der Waals surface area contributed by atoms with E-state index in [9.17, 15) is 4.79 Å². The molecule has 3 rings (SSSR count). The Bertz CT molecular complexity index is 938. The first-order chi connectivity index (χ1) is 12.0. The molecular weight excluding hydrogens is 342 g/mol. The van der Waals surface area contributed by atoms with Gasteiger partial charge in [-0.15, -0.1) is 0 Å². The van der Waals surface area contributed by atoms with Crippen LogP contribution < -0.4 is 15.4 Å². The molecule has 0 aliphatic heterocycles. The number of benzene rings is 1. The number of aromatic nitrogens is 3. The van der Waals surface area contributed by atoms with Crippen LogP contribution in [0.2, 0.25) is 5.02 Å². The lowest BCUT2D eigenvalue weighted by Gasteiger charge is -2.11. The van der Waals surface area contributed by atoms with Gasteiger partial charge in [0.15, 0.2) is 5.65 Å². The maximum Gasteiger partial charge on any atom is 0.319 e. The second-order valence-corrected chi connectivity index (χ2v) is 6.00. The highest BCUT2D eigenvalue weighted by molar-refractivity contribution is 6.30. The summed E-state index contributed by atoms with van der Waals surface area (Å²) in [6.45, 7) is 2.19. The summed E-state index contributed by atoms with van der Waals surface area (Å²) in [5.41, 5.74) is 3.02. The molecule has 0 saturated carbocycles. The van der Waals surface area contributed by atoms with Crippen molar-refractivity contribution in [2.24, 2.45) is 7.05 Å². The van der Waals surface area contributed by atoms with Crippen LogP contribution in [0.1, 0.15) is 11.3 Å². The molecule has 7 nitrogen and oxygen atoms in total. The van der Waals surface area contributed by atoms with E-state index in [1.165, 1.54) is 0 Å². The van der Waals surface area contributed by atoms with Crippen molar-refractivity contribution in [3.63, 3.8) is 0 Å². The smallest absolute Gasteiger partial charge is 0.319 e. The van der Waals surface area contributed by atoms with Crippen molar-refractivity contribution in [3.8, 4) is 5.75 Å². The van der Waals surface area contributed by atoms with E-state index in [2.05, 4.69) is 20.7 Å². The fraction of sp³-hybridized carbons (Fsp3) is 0.235. The molecule has 130 valence electrons. The molecule has 0 atom stereocenters. The van der Waals surface area contributed by atoms with Gasteiger partial charge in [-0.25, -0.2) is 9.78 Å². The number of urea groups is 1. The number of fused-ring (bicyclic) bond motifs is 1. The first-order valence-corrected chi connectivity index (χ1v) is 8.02. The first kappa shape index (κ1) is 17.0. The van der Waals surface area contributed by atoms with Crippen LogP contribution in [-0.2, 0) is 13.6 Å². The number of aryl methyl sites for hydroxylation is 2. The second-order valence-electron chi connectivity index (χ2n) is 5.57. The SMILES string of the molecule is COc1ccc(Cl)cc1CNC(=O)Nc1cnc2c(c1)c(C)nn2C. The van der Waals surface area contributed by atoms with Gasteiger partial charge in [-0.1, -0.05) is 11.6 Å². The number of ether oxygens (including phenoxy) is 1. The predicted molar refractivity (Wildman–Crippen MR) is 97.1 cm³/mol. The summed E-state index contributed by atoms with van der Waals surface area (Å²) in [6.07, 6.45) is 1.60. The minimum Gasteiger partial charge on any atom is -0.496 e. The summed E-state index contributed by atoms with van der Waals surface area (Å²) in [6, 6.07) is 6.77. The van der Waals surface area contributed by atoms with Gasteiger partial charge in [0.05, 0.1) is 24.7 Å². The quantitative estimate of drug-likeness (QED) is 0.749. The number of carbonyl (C=O) groups excluding carboxylic acids is 1. The lowest BCUT2D eigenvalue weighted by molar-refractivity contribution is 0.251. The van der Waals surface area contributed by atoms with E-state index in [4.69, 9.17) is 16.3 Å². The predicted octanol–water partition coefficient (Wildman–Crippen LogP) is 3.26. The number of carbonyl (C=O) groups is 1. The summed E-state index contributed by atoms with van der Waals surface area (Å²) in [5, 5.41) is 11.3. The highest BCUT2D eigenvalue weighted by atomic mass is 35.5. The van der Waals surface area contributed by atoms with Gasteiger partial charge in [-0.3, -0.25) is 4.68 Å². The Balaban J connectivity index is 1.69. The molecule has 0 spiro atoms. The molecule has 3 aromatic rings. The van der Waals surface area contributed by atoms with Crippen LogP contribution in [0.15, 0.2) is 30.5 Å². The number of anilines is 1. The van der Waals surface area contributed by atoms with Crippen molar-refractivity contribution in [1.29, 1.82) is 0 Å². The minimum absolute atomic E-state index is 0.289. The Morgan fingerprint density at radius 3 is 2.92 bits per heavy atom. The number of amides is 2. The Labute approximate surface area is 149 Å². The molecule has 1 aromatic carbocycles. The van der Waals surface area contributed by atoms with Gasteiger partial charge < -0.3 is 15.4 Å². The van der Waals surface area contributed by atoms with E-state index >= 15 is 0 Å². The molecule has 25 heavy (non-hydrogen) atoms. The monoisotopic (exact) mass is 359 g/mol. The maximum absolute atomic E-state index is 12.2. The average molecular weight is 360 g/mol. The second kappa shape index (κ2) is 6.98. The number of pyridine rings is 1. The Morgan fingerprint density at radius 1 is 1.36 bits per heavy atom. The van der Waals surface area contributed by atoms with Crippen molar-refractivity contribution in [3.05, 3.63) is 46.7 Å². The molecule has 0 bridgehead atoms. The largest absolute Gasteiger partial charge is 0.496 e. The van der Waals surface area contributed by atoms with Crippen LogP contribution in [0.3, 0.4) is 0 Å². The molecule has 0 aliphatic rings. The normalized spacial score (nSPS) is 10.7. The number of halogens is 1. The third-order valence-electron chi connectivity index (χ3n) is 3.80. The average Bonchev–Trinajstić information content (AvgIpc) is 2.87. The van der Waals surface area contributed by atoms with Crippen molar-refractivity contribution in [2.75, 3.05) is 12.4 Å². The highest BCUT2D eigenvalue weighted by Crippen LogP contribution is 2.22. The van der Waals surface area contributed by atoms with Crippen LogP contribution in [0.25, 0.3) is 11.0 Å². The summed E-state index contributed by atoms with van der Waals surface area (Å²) < 4.78 is 6.97. The lowest BCUT2D eigenvalue weighted by atomic mass is 10.2. The molecule has 0 saturated heterocycles. The van der Waals surface area contributed by atoms with E-state index in [0.717, 1.165) is 22.3 Å². The topological polar surface area (TPSA) is 81.1 Å². The Hall–Kier alpha value is -2.80. The molecule has 0 fully saturated rings. The molecule has 0 unspecified atom stereocenters. The van der Waals surface area contributed by atoms with Gasteiger partial charge in [0.1, 0.15) is 5.75 Å². The van der Waals surface area contributed by atoms with Crippen LogP contribution >= 0.6 is 11.6 Å². The van der Waals surface area contributed by atoms with Gasteiger partial charge in [-0.2, -0.15) is 5.10 Å². The van der Waals surface area contributed by atoms with E-state index in [-0.39, 0.29) is 12.6 Å². The van der Waals surface area contributed by atoms with Crippen LogP contribution in [0.4, 0.5) is 10.5 Å². The van der Waals surface area contributed by atoms with Crippen molar-refractivity contribution in [1.82, 2.24) is 20.1 Å². The zero-order valence-electron chi connectivity index (χ0n) is 14.1. The van der Waals surface area contributed by atoms with Gasteiger partial charge >= 0.3 is 6.03 Å². The summed E-state index contributed by atoms with van der Waals surface area (Å²) >= 11 is 5.99. The van der Waals surface area contributed by atoms with Gasteiger partial charge in [0.2, 0.25) is 0 Å². The van der Waals surface area contributed by atoms with Crippen molar-refractivity contribution in [2.45, 2.75) is 13.5 Å². The third-order valence-corrected chi connectivity index (χ3v) is 4.04. The summed E-state index contributed by atoms with van der Waals surface area (Å²) in [7, 11) is 3.41. The molecule has 2 amide bonds. The fourth-order valence-corrected chi connectivity index (χ4v) is 2.81. The number of rotatable bonds is 4. The van der Waals surface area contributed by atoms with Crippen LogP contribution in [-0.4, -0.2) is 27.9 Å². The zero-order chi connectivity index (χ0) is 18.0. The maximum atomic E-state index is 12.2. The lowest BCUT2D eigenvalue weighted by Crippen LogP contribution is -2.28. The Morgan fingerprint density at radius 2 is 2.16 bits per heavy atom. The van der Waals surface area contributed by atoms with Gasteiger partial charge in [0, 0.05) is 29.6 Å². The zero-order valence-corrected chi connectivity index (χ0v) is 14.9. The fourth-order valence-electron chi connectivity index (χ4n) is 2.61. The molecule has 0 radical (unpaired) electrons. The minimum atomic E-state index is -0.343. The van der Waals surface area contributed by atoms with Crippen LogP contribution in [0, 0.1) is 6.92 Å². The molecule has 2 N–H and O–H groups in total. The summed E-state index contributed by atoms with van der Waals surface area (Å²) in [5.74, 6) is 0.666.